The van der Waals surface area contributed by atoms with Gasteiger partial charge in [0.15, 0.2) is 0 Å². The topological polar surface area (TPSA) is 63.6 Å². The maximum absolute atomic E-state index is 12.6. The molecule has 0 spiro atoms. The summed E-state index contributed by atoms with van der Waals surface area (Å²) in [6, 6.07) is 17.7. The SMILES string of the molecule is Cc1cccc(C)c1Oc1ccc(S(=O)(=O)c2ccc(O)cc2)cc1. The van der Waals surface area contributed by atoms with Crippen LogP contribution in [0.3, 0.4) is 0 Å². The average Bonchev–Trinajstić information content (AvgIpc) is 2.59. The van der Waals surface area contributed by atoms with Gasteiger partial charge in [0.1, 0.15) is 17.2 Å². The Morgan fingerprint density at radius 1 is 0.760 bits per heavy atom. The molecule has 3 rings (SSSR count). The van der Waals surface area contributed by atoms with E-state index in [0.29, 0.717) is 5.75 Å². The van der Waals surface area contributed by atoms with Crippen LogP contribution in [0.5, 0.6) is 17.2 Å². The molecule has 0 fully saturated rings. The number of aryl methyl sites for hydroxylation is 2. The van der Waals surface area contributed by atoms with Gasteiger partial charge in [-0.1, -0.05) is 18.2 Å². The Hall–Kier alpha value is -2.79. The summed E-state index contributed by atoms with van der Waals surface area (Å²) in [7, 11) is -3.63. The van der Waals surface area contributed by atoms with Gasteiger partial charge < -0.3 is 9.84 Å². The standard InChI is InChI=1S/C20H18O4S/c1-14-4-3-5-15(2)20(14)24-17-8-12-19(13-9-17)25(22,23)18-10-6-16(21)7-11-18/h3-13,21H,1-2H3. The van der Waals surface area contributed by atoms with Crippen molar-refractivity contribution in [2.75, 3.05) is 0 Å². The van der Waals surface area contributed by atoms with Crippen LogP contribution in [0.4, 0.5) is 0 Å². The first-order chi connectivity index (χ1) is 11.9. The lowest BCUT2D eigenvalue weighted by molar-refractivity contribution is 0.474. The molecule has 0 amide bonds. The summed E-state index contributed by atoms with van der Waals surface area (Å²) in [5, 5.41) is 9.30. The number of aromatic hydroxyl groups is 1. The number of phenolic OH excluding ortho intramolecular Hbond substituents is 1. The number of para-hydroxylation sites is 1. The zero-order chi connectivity index (χ0) is 18.0. The minimum atomic E-state index is -3.63. The fourth-order valence-electron chi connectivity index (χ4n) is 2.53. The Bertz CT molecular complexity index is 969. The maximum Gasteiger partial charge on any atom is 0.206 e. The van der Waals surface area contributed by atoms with E-state index < -0.39 is 9.84 Å². The van der Waals surface area contributed by atoms with Crippen molar-refractivity contribution in [3.63, 3.8) is 0 Å². The molecule has 0 atom stereocenters. The molecule has 5 heteroatoms. The first kappa shape index (κ1) is 17.0. The van der Waals surface area contributed by atoms with Crippen molar-refractivity contribution in [3.05, 3.63) is 77.9 Å². The molecule has 0 bridgehead atoms. The molecule has 1 N–H and O–H groups in total. The second kappa shape index (κ2) is 6.61. The normalized spacial score (nSPS) is 11.3. The molecule has 0 aliphatic carbocycles. The zero-order valence-electron chi connectivity index (χ0n) is 13.9. The van der Waals surface area contributed by atoms with Crippen LogP contribution in [-0.2, 0) is 9.84 Å². The highest BCUT2D eigenvalue weighted by Crippen LogP contribution is 2.30. The van der Waals surface area contributed by atoms with E-state index in [0.717, 1.165) is 16.9 Å². The number of rotatable bonds is 4. The van der Waals surface area contributed by atoms with Crippen LogP contribution in [-0.4, -0.2) is 13.5 Å². The highest BCUT2D eigenvalue weighted by molar-refractivity contribution is 7.91. The van der Waals surface area contributed by atoms with Crippen molar-refractivity contribution in [2.24, 2.45) is 0 Å². The molecule has 128 valence electrons. The molecule has 0 aliphatic rings. The van der Waals surface area contributed by atoms with Gasteiger partial charge in [-0.3, -0.25) is 0 Å². The van der Waals surface area contributed by atoms with Crippen molar-refractivity contribution in [3.8, 4) is 17.2 Å². The monoisotopic (exact) mass is 354 g/mol. The van der Waals surface area contributed by atoms with Crippen molar-refractivity contribution < 1.29 is 18.3 Å². The second-order valence-electron chi connectivity index (χ2n) is 5.79. The number of sulfone groups is 1. The molecule has 0 heterocycles. The van der Waals surface area contributed by atoms with E-state index in [-0.39, 0.29) is 15.5 Å². The summed E-state index contributed by atoms with van der Waals surface area (Å²) >= 11 is 0. The largest absolute Gasteiger partial charge is 0.508 e. The number of phenols is 1. The minimum absolute atomic E-state index is 0.0244. The van der Waals surface area contributed by atoms with Crippen LogP contribution in [0.25, 0.3) is 0 Å². The zero-order valence-corrected chi connectivity index (χ0v) is 14.7. The maximum atomic E-state index is 12.6. The smallest absolute Gasteiger partial charge is 0.206 e. The molecule has 0 saturated carbocycles. The molecule has 0 saturated heterocycles. The van der Waals surface area contributed by atoms with Crippen molar-refractivity contribution in [2.45, 2.75) is 23.6 Å². The number of hydrogen-bond donors (Lipinski definition) is 1. The molecule has 4 nitrogen and oxygen atoms in total. The lowest BCUT2D eigenvalue weighted by Gasteiger charge is -2.12. The van der Waals surface area contributed by atoms with E-state index in [2.05, 4.69) is 0 Å². The van der Waals surface area contributed by atoms with Gasteiger partial charge in [-0.2, -0.15) is 0 Å². The summed E-state index contributed by atoms with van der Waals surface area (Å²) < 4.78 is 31.1. The Kier molecular flexibility index (Phi) is 4.51. The fourth-order valence-corrected chi connectivity index (χ4v) is 3.79. The van der Waals surface area contributed by atoms with Crippen molar-refractivity contribution in [1.82, 2.24) is 0 Å². The molecule has 3 aromatic rings. The van der Waals surface area contributed by atoms with E-state index in [4.69, 9.17) is 4.74 Å². The predicted molar refractivity (Wildman–Crippen MR) is 96.0 cm³/mol. The van der Waals surface area contributed by atoms with E-state index in [1.807, 2.05) is 32.0 Å². The van der Waals surface area contributed by atoms with Crippen LogP contribution in [0, 0.1) is 13.8 Å². The van der Waals surface area contributed by atoms with Gasteiger partial charge in [0, 0.05) is 0 Å². The molecule has 0 aliphatic heterocycles. The fraction of sp³-hybridized carbons (Fsp3) is 0.100. The van der Waals surface area contributed by atoms with Crippen LogP contribution in [0.15, 0.2) is 76.5 Å². The van der Waals surface area contributed by atoms with Gasteiger partial charge in [-0.15, -0.1) is 0 Å². The third-order valence-electron chi connectivity index (χ3n) is 3.91. The van der Waals surface area contributed by atoms with Gasteiger partial charge in [0.25, 0.3) is 0 Å². The minimum Gasteiger partial charge on any atom is -0.508 e. The summed E-state index contributed by atoms with van der Waals surface area (Å²) in [6.45, 7) is 3.93. The first-order valence-electron chi connectivity index (χ1n) is 7.76. The number of ether oxygens (including phenoxy) is 1. The molecule has 0 radical (unpaired) electrons. The summed E-state index contributed by atoms with van der Waals surface area (Å²) in [6.07, 6.45) is 0. The van der Waals surface area contributed by atoms with Gasteiger partial charge >= 0.3 is 0 Å². The van der Waals surface area contributed by atoms with Gasteiger partial charge in [-0.05, 0) is 73.5 Å². The first-order valence-corrected chi connectivity index (χ1v) is 9.24. The molecular weight excluding hydrogens is 336 g/mol. The van der Waals surface area contributed by atoms with Crippen LogP contribution in [0.1, 0.15) is 11.1 Å². The quantitative estimate of drug-likeness (QED) is 0.742. The van der Waals surface area contributed by atoms with Gasteiger partial charge in [0.05, 0.1) is 9.79 Å². The van der Waals surface area contributed by atoms with E-state index in [9.17, 15) is 13.5 Å². The summed E-state index contributed by atoms with van der Waals surface area (Å²) in [5.41, 5.74) is 2.03. The second-order valence-corrected chi connectivity index (χ2v) is 7.74. The highest BCUT2D eigenvalue weighted by Gasteiger charge is 2.17. The summed E-state index contributed by atoms with van der Waals surface area (Å²) in [5.74, 6) is 1.37. The Morgan fingerprint density at radius 3 is 1.76 bits per heavy atom. The Morgan fingerprint density at radius 2 is 1.24 bits per heavy atom. The Balaban J connectivity index is 1.88. The van der Waals surface area contributed by atoms with Crippen LogP contribution in [0.2, 0.25) is 0 Å². The Labute approximate surface area is 147 Å². The molecule has 0 aromatic heterocycles. The van der Waals surface area contributed by atoms with Crippen molar-refractivity contribution in [1.29, 1.82) is 0 Å². The van der Waals surface area contributed by atoms with E-state index in [1.165, 1.54) is 36.4 Å². The third-order valence-corrected chi connectivity index (χ3v) is 5.70. The average molecular weight is 354 g/mol. The number of benzene rings is 3. The van der Waals surface area contributed by atoms with Gasteiger partial charge in [-0.25, -0.2) is 8.42 Å². The van der Waals surface area contributed by atoms with Gasteiger partial charge in [0.2, 0.25) is 9.84 Å². The summed E-state index contributed by atoms with van der Waals surface area (Å²) in [4.78, 5) is 0.306. The highest BCUT2D eigenvalue weighted by atomic mass is 32.2. The van der Waals surface area contributed by atoms with Crippen LogP contribution < -0.4 is 4.74 Å². The number of hydrogen-bond acceptors (Lipinski definition) is 4. The molecular formula is C20H18O4S. The van der Waals surface area contributed by atoms with Crippen LogP contribution >= 0.6 is 0 Å². The lowest BCUT2D eigenvalue weighted by atomic mass is 10.1. The molecule has 0 unspecified atom stereocenters. The molecule has 3 aromatic carbocycles. The molecule has 25 heavy (non-hydrogen) atoms. The third kappa shape index (κ3) is 3.51. The van der Waals surface area contributed by atoms with E-state index >= 15 is 0 Å². The van der Waals surface area contributed by atoms with E-state index in [1.54, 1.807) is 12.1 Å². The lowest BCUT2D eigenvalue weighted by Crippen LogP contribution is -2.01. The van der Waals surface area contributed by atoms with Crippen molar-refractivity contribution >= 4 is 9.84 Å². The predicted octanol–water partition coefficient (Wildman–Crippen LogP) is 4.63.